The number of rotatable bonds is 12. The number of sulfonamides is 1. The summed E-state index contributed by atoms with van der Waals surface area (Å²) in [6, 6.07) is 3.31. The molecule has 1 aromatic carbocycles. The summed E-state index contributed by atoms with van der Waals surface area (Å²) in [6.45, 7) is 5.17. The van der Waals surface area contributed by atoms with E-state index in [1.54, 1.807) is 17.3 Å². The standard InChI is InChI=1S/C31H39Cl2N7O6S/c1-19(2)35-31-37-25-17-34-11-10-26(25)39(31)18-22-6-3-4-12-38(22)28(41)9-8-24(30(43)44)36-29(42)27-7-5-13-40(27)47(45,46)23-15-20(32)14-21(33)16-23/h10-11,14-17,19,22,24,27H,3-9,12-13,18H2,1-2H3,(H,35,37)(H,36,42)(H,43,44)/t22?,24-,27-/m0/s1. The van der Waals surface area contributed by atoms with Gasteiger partial charge in [0.1, 0.15) is 17.6 Å². The minimum Gasteiger partial charge on any atom is -0.480 e. The van der Waals surface area contributed by atoms with Gasteiger partial charge >= 0.3 is 5.97 Å². The van der Waals surface area contributed by atoms with E-state index in [1.807, 2.05) is 19.9 Å². The normalized spacial score (nSPS) is 19.6. The highest BCUT2D eigenvalue weighted by molar-refractivity contribution is 7.89. The smallest absolute Gasteiger partial charge is 0.326 e. The van der Waals surface area contributed by atoms with Gasteiger partial charge < -0.3 is 25.2 Å². The quantitative estimate of drug-likeness (QED) is 0.251. The van der Waals surface area contributed by atoms with Crippen LogP contribution in [0.2, 0.25) is 10.0 Å². The van der Waals surface area contributed by atoms with Gasteiger partial charge in [-0.05, 0) is 76.6 Å². The van der Waals surface area contributed by atoms with Crippen LogP contribution in [0.4, 0.5) is 5.95 Å². The number of benzene rings is 1. The Morgan fingerprint density at radius 1 is 1.06 bits per heavy atom. The van der Waals surface area contributed by atoms with Crippen molar-refractivity contribution in [2.24, 2.45) is 0 Å². The summed E-state index contributed by atoms with van der Waals surface area (Å²) in [4.78, 5) is 49.7. The number of carboxylic acid groups (broad SMARTS) is 1. The zero-order chi connectivity index (χ0) is 33.9. The van der Waals surface area contributed by atoms with Crippen molar-refractivity contribution in [3.8, 4) is 0 Å². The lowest BCUT2D eigenvalue weighted by Crippen LogP contribution is -2.51. The van der Waals surface area contributed by atoms with Crippen LogP contribution in [-0.4, -0.2) is 92.3 Å². The Labute approximate surface area is 283 Å². The van der Waals surface area contributed by atoms with Crippen molar-refractivity contribution in [2.45, 2.75) is 94.4 Å². The van der Waals surface area contributed by atoms with E-state index < -0.39 is 34.0 Å². The van der Waals surface area contributed by atoms with Crippen LogP contribution >= 0.6 is 23.2 Å². The summed E-state index contributed by atoms with van der Waals surface area (Å²) in [5.74, 6) is -1.56. The molecule has 2 saturated heterocycles. The van der Waals surface area contributed by atoms with Gasteiger partial charge in [-0.1, -0.05) is 23.2 Å². The second-order valence-electron chi connectivity index (χ2n) is 12.3. The third kappa shape index (κ3) is 7.99. The van der Waals surface area contributed by atoms with Gasteiger partial charge in [-0.25, -0.2) is 18.2 Å². The number of pyridine rings is 1. The highest BCUT2D eigenvalue weighted by atomic mass is 35.5. The van der Waals surface area contributed by atoms with Crippen molar-refractivity contribution in [3.63, 3.8) is 0 Å². The molecule has 254 valence electrons. The minimum absolute atomic E-state index is 0.0776. The number of aromatic nitrogens is 3. The number of carbonyl (C=O) groups is 3. The molecule has 0 saturated carbocycles. The molecule has 0 aliphatic carbocycles. The van der Waals surface area contributed by atoms with Crippen LogP contribution in [0.25, 0.3) is 11.0 Å². The first-order chi connectivity index (χ1) is 22.3. The average molecular weight is 709 g/mol. The fourth-order valence-corrected chi connectivity index (χ4v) is 8.69. The van der Waals surface area contributed by atoms with E-state index in [0.717, 1.165) is 34.6 Å². The molecule has 2 aromatic heterocycles. The number of anilines is 1. The number of piperidine rings is 1. The lowest BCUT2D eigenvalue weighted by atomic mass is 10.0. The minimum atomic E-state index is -4.14. The van der Waals surface area contributed by atoms with E-state index in [1.165, 1.54) is 18.2 Å². The van der Waals surface area contributed by atoms with Crippen LogP contribution in [-0.2, 0) is 31.0 Å². The van der Waals surface area contributed by atoms with Gasteiger partial charge in [-0.3, -0.25) is 14.6 Å². The number of imidazole rings is 1. The van der Waals surface area contributed by atoms with Gasteiger partial charge in [0, 0.05) is 54.4 Å². The van der Waals surface area contributed by atoms with Crippen molar-refractivity contribution in [3.05, 3.63) is 46.7 Å². The molecule has 13 nitrogen and oxygen atoms in total. The molecule has 0 bridgehead atoms. The monoisotopic (exact) mass is 707 g/mol. The number of aliphatic carboxylic acids is 1. The van der Waals surface area contributed by atoms with Crippen LogP contribution in [0.1, 0.15) is 58.8 Å². The number of carboxylic acids is 1. The van der Waals surface area contributed by atoms with E-state index >= 15 is 0 Å². The Hall–Kier alpha value is -3.46. The summed E-state index contributed by atoms with van der Waals surface area (Å²) in [7, 11) is -4.14. The number of hydrogen-bond donors (Lipinski definition) is 3. The van der Waals surface area contributed by atoms with Crippen molar-refractivity contribution in [1.82, 2.24) is 29.1 Å². The van der Waals surface area contributed by atoms with Crippen LogP contribution in [0.15, 0.2) is 41.6 Å². The molecule has 3 aromatic rings. The van der Waals surface area contributed by atoms with Gasteiger partial charge in [-0.15, -0.1) is 0 Å². The maximum atomic E-state index is 13.6. The molecule has 1 unspecified atom stereocenters. The number of fused-ring (bicyclic) bond motifs is 1. The summed E-state index contributed by atoms with van der Waals surface area (Å²) in [6.07, 6.45) is 6.34. The molecular weight excluding hydrogens is 669 g/mol. The maximum Gasteiger partial charge on any atom is 0.326 e. The Morgan fingerprint density at radius 3 is 2.51 bits per heavy atom. The molecule has 3 N–H and O–H groups in total. The summed E-state index contributed by atoms with van der Waals surface area (Å²) < 4.78 is 29.9. The fourth-order valence-electron chi connectivity index (χ4n) is 6.30. The molecule has 0 radical (unpaired) electrons. The fraction of sp³-hybridized carbons (Fsp3) is 0.516. The first-order valence-electron chi connectivity index (χ1n) is 15.7. The lowest BCUT2D eigenvalue weighted by molar-refractivity contribution is -0.143. The van der Waals surface area contributed by atoms with Gasteiger partial charge in [0.2, 0.25) is 27.8 Å². The SMILES string of the molecule is CC(C)Nc1nc2cnccc2n1CC1CCCCN1C(=O)CC[C@H](NC(=O)[C@@H]1CCCN1S(=O)(=O)c1cc(Cl)cc(Cl)c1)C(=O)O. The highest BCUT2D eigenvalue weighted by Gasteiger charge is 2.41. The molecule has 3 atom stereocenters. The number of carbonyl (C=O) groups excluding carboxylic acids is 2. The molecule has 5 rings (SSSR count). The van der Waals surface area contributed by atoms with Crippen molar-refractivity contribution < 1.29 is 27.9 Å². The van der Waals surface area contributed by atoms with E-state index in [-0.39, 0.29) is 58.7 Å². The Balaban J connectivity index is 1.25. The number of likely N-dealkylation sites (tertiary alicyclic amines) is 1. The predicted octanol–water partition coefficient (Wildman–Crippen LogP) is 4.14. The van der Waals surface area contributed by atoms with E-state index in [4.69, 9.17) is 28.2 Å². The van der Waals surface area contributed by atoms with Gasteiger partial charge in [0.25, 0.3) is 0 Å². The second-order valence-corrected chi connectivity index (χ2v) is 15.0. The summed E-state index contributed by atoms with van der Waals surface area (Å²) in [5, 5.41) is 16.1. The topological polar surface area (TPSA) is 167 Å². The number of amides is 2. The van der Waals surface area contributed by atoms with Gasteiger partial charge in [-0.2, -0.15) is 4.31 Å². The molecule has 2 amide bonds. The van der Waals surface area contributed by atoms with Crippen LogP contribution in [0, 0.1) is 0 Å². The Morgan fingerprint density at radius 2 is 1.81 bits per heavy atom. The lowest BCUT2D eigenvalue weighted by Gasteiger charge is -2.36. The average Bonchev–Trinajstić information content (AvgIpc) is 3.64. The first-order valence-corrected chi connectivity index (χ1v) is 17.9. The third-order valence-electron chi connectivity index (χ3n) is 8.52. The number of hydrogen-bond acceptors (Lipinski definition) is 8. The molecule has 2 aliphatic rings. The van der Waals surface area contributed by atoms with Crippen LogP contribution < -0.4 is 10.6 Å². The van der Waals surface area contributed by atoms with E-state index in [9.17, 15) is 27.9 Å². The predicted molar refractivity (Wildman–Crippen MR) is 178 cm³/mol. The van der Waals surface area contributed by atoms with Crippen molar-refractivity contribution in [1.29, 1.82) is 0 Å². The maximum absolute atomic E-state index is 13.6. The van der Waals surface area contributed by atoms with E-state index in [2.05, 4.69) is 20.2 Å². The number of nitrogens with one attached hydrogen (secondary N) is 2. The molecule has 2 fully saturated rings. The van der Waals surface area contributed by atoms with Crippen LogP contribution in [0.5, 0.6) is 0 Å². The van der Waals surface area contributed by atoms with Crippen molar-refractivity contribution in [2.75, 3.05) is 18.4 Å². The molecule has 4 heterocycles. The zero-order valence-corrected chi connectivity index (χ0v) is 28.6. The third-order valence-corrected chi connectivity index (χ3v) is 10.8. The Bertz CT molecular complexity index is 1730. The molecular formula is C31H39Cl2N7O6S. The zero-order valence-electron chi connectivity index (χ0n) is 26.2. The molecule has 47 heavy (non-hydrogen) atoms. The molecule has 0 spiro atoms. The van der Waals surface area contributed by atoms with Crippen molar-refractivity contribution >= 4 is 68.0 Å². The summed E-state index contributed by atoms with van der Waals surface area (Å²) >= 11 is 12.0. The first kappa shape index (κ1) is 34.9. The Kier molecular flexibility index (Phi) is 10.9. The van der Waals surface area contributed by atoms with Gasteiger partial charge in [0.15, 0.2) is 0 Å². The number of halogens is 2. The summed E-state index contributed by atoms with van der Waals surface area (Å²) in [5.41, 5.74) is 1.64. The number of nitrogens with zero attached hydrogens (tertiary/aromatic N) is 5. The highest BCUT2D eigenvalue weighted by Crippen LogP contribution is 2.30. The van der Waals surface area contributed by atoms with Gasteiger partial charge in [0.05, 0.1) is 16.6 Å². The molecule has 16 heteroatoms. The largest absolute Gasteiger partial charge is 0.480 e. The second kappa shape index (κ2) is 14.8. The van der Waals surface area contributed by atoms with E-state index in [0.29, 0.717) is 25.5 Å². The van der Waals surface area contributed by atoms with Crippen LogP contribution in [0.3, 0.4) is 0 Å². The molecule has 2 aliphatic heterocycles.